The van der Waals surface area contributed by atoms with Crippen LogP contribution in [0.1, 0.15) is 87.4 Å². The lowest BCUT2D eigenvalue weighted by Gasteiger charge is -2.60. The number of nitrogens with two attached hydrogens (primary N) is 1. The van der Waals surface area contributed by atoms with Crippen LogP contribution in [0.5, 0.6) is 0 Å². The summed E-state index contributed by atoms with van der Waals surface area (Å²) in [6, 6.07) is 1.21. The van der Waals surface area contributed by atoms with E-state index in [-0.39, 0.29) is 20.6 Å². The van der Waals surface area contributed by atoms with Crippen molar-refractivity contribution in [1.82, 2.24) is 0 Å². The van der Waals surface area contributed by atoms with E-state index in [9.17, 15) is 23.1 Å². The van der Waals surface area contributed by atoms with E-state index in [0.717, 1.165) is 37.0 Å². The maximum atomic E-state index is 12.2. The van der Waals surface area contributed by atoms with E-state index >= 15 is 0 Å². The fourth-order valence-corrected chi connectivity index (χ4v) is 10.6. The maximum absolute atomic E-state index is 12.2. The van der Waals surface area contributed by atoms with E-state index in [4.69, 9.17) is 5.14 Å². The molecule has 3 fully saturated rings. The SMILES string of the molecule is C[C@@H]1CC2=CC(=O)CC[C@]2(C)C2CC[C@@]3(C)C(CC[C@@H]3CCc3sc(S(N)(=O)=O)cc3C(=O)O)C21. The first-order valence-electron chi connectivity index (χ1n) is 13.0. The number of allylic oxidation sites excluding steroid dienone is 1. The molecule has 3 N–H and O–H groups in total. The number of thiophene rings is 1. The van der Waals surface area contributed by atoms with Crippen molar-refractivity contribution in [3.63, 3.8) is 0 Å². The van der Waals surface area contributed by atoms with Crippen LogP contribution in [0.2, 0.25) is 0 Å². The molecule has 1 heterocycles. The molecule has 1 aromatic heterocycles. The van der Waals surface area contributed by atoms with Crippen LogP contribution in [0, 0.1) is 40.4 Å². The third kappa shape index (κ3) is 4.04. The zero-order valence-corrected chi connectivity index (χ0v) is 22.5. The summed E-state index contributed by atoms with van der Waals surface area (Å²) in [5, 5.41) is 14.9. The average Bonchev–Trinajstić information content (AvgIpc) is 3.35. The Hall–Kier alpha value is -1.51. The number of sulfonamides is 1. The van der Waals surface area contributed by atoms with Gasteiger partial charge in [-0.25, -0.2) is 18.4 Å². The zero-order chi connectivity index (χ0) is 25.3. The lowest BCUT2D eigenvalue weighted by Crippen LogP contribution is -2.53. The molecule has 0 amide bonds. The van der Waals surface area contributed by atoms with E-state index < -0.39 is 16.0 Å². The van der Waals surface area contributed by atoms with Crippen molar-refractivity contribution in [2.45, 2.75) is 82.8 Å². The highest BCUT2D eigenvalue weighted by Crippen LogP contribution is 2.68. The average molecular weight is 520 g/mol. The van der Waals surface area contributed by atoms with Gasteiger partial charge in [-0.3, -0.25) is 4.79 Å². The van der Waals surface area contributed by atoms with Crippen molar-refractivity contribution < 1.29 is 23.1 Å². The molecule has 192 valence electrons. The number of hydrogen-bond donors (Lipinski definition) is 2. The standard InChI is InChI=1S/C27H37NO5S2/c1-15-12-17-13-18(29)8-10-27(17,3)21-9-11-26(2)16(4-6-20(26)24(15)21)5-7-22-19(25(30)31)14-23(34-22)35(28,32)33/h13-16,20-21,24H,4-12H2,1-3H3,(H,30,31)(H2,28,32,33)/t15-,16-,20?,21?,24?,26-,27+/m1/s1. The largest absolute Gasteiger partial charge is 0.478 e. The number of primary sulfonamides is 1. The smallest absolute Gasteiger partial charge is 0.336 e. The van der Waals surface area contributed by atoms with Crippen LogP contribution in [0.15, 0.2) is 21.9 Å². The van der Waals surface area contributed by atoms with Gasteiger partial charge in [-0.05, 0) is 104 Å². The summed E-state index contributed by atoms with van der Waals surface area (Å²) in [5.41, 5.74) is 1.84. The first kappa shape index (κ1) is 25.2. The summed E-state index contributed by atoms with van der Waals surface area (Å²) in [5.74, 6) is 2.22. The van der Waals surface area contributed by atoms with Crippen molar-refractivity contribution in [1.29, 1.82) is 0 Å². The molecule has 5 rings (SSSR count). The highest BCUT2D eigenvalue weighted by molar-refractivity contribution is 7.91. The second kappa shape index (κ2) is 8.52. The van der Waals surface area contributed by atoms with E-state index in [2.05, 4.69) is 20.8 Å². The van der Waals surface area contributed by atoms with Gasteiger partial charge in [0.2, 0.25) is 10.0 Å². The van der Waals surface area contributed by atoms with Crippen molar-refractivity contribution in [3.05, 3.63) is 28.2 Å². The summed E-state index contributed by atoms with van der Waals surface area (Å²) >= 11 is 1.01. The third-order valence-corrected chi connectivity index (χ3v) is 13.1. The summed E-state index contributed by atoms with van der Waals surface area (Å²) < 4.78 is 23.5. The summed E-state index contributed by atoms with van der Waals surface area (Å²) in [7, 11) is -3.92. The number of aromatic carboxylic acids is 1. The molecule has 6 nitrogen and oxygen atoms in total. The van der Waals surface area contributed by atoms with Gasteiger partial charge in [-0.2, -0.15) is 0 Å². The van der Waals surface area contributed by atoms with Gasteiger partial charge < -0.3 is 5.11 Å². The Morgan fingerprint density at radius 2 is 1.94 bits per heavy atom. The third-order valence-electron chi connectivity index (χ3n) is 10.5. The Morgan fingerprint density at radius 3 is 2.63 bits per heavy atom. The van der Waals surface area contributed by atoms with E-state index in [0.29, 0.717) is 53.1 Å². The fourth-order valence-electron chi connectivity index (χ4n) is 8.70. The van der Waals surface area contributed by atoms with E-state index in [1.807, 2.05) is 6.08 Å². The molecule has 3 unspecified atom stereocenters. The molecule has 0 bridgehead atoms. The number of carbonyl (C=O) groups excluding carboxylic acids is 1. The predicted molar refractivity (Wildman–Crippen MR) is 136 cm³/mol. The van der Waals surface area contributed by atoms with Crippen LogP contribution in [-0.2, 0) is 21.2 Å². The molecule has 0 aromatic carbocycles. The minimum atomic E-state index is -3.92. The zero-order valence-electron chi connectivity index (χ0n) is 20.9. The van der Waals surface area contributed by atoms with E-state index in [1.54, 1.807) is 0 Å². The molecule has 7 atom stereocenters. The van der Waals surface area contributed by atoms with Crippen molar-refractivity contribution >= 4 is 33.1 Å². The number of carbonyl (C=O) groups is 2. The first-order chi connectivity index (χ1) is 16.3. The lowest BCUT2D eigenvalue weighted by atomic mass is 9.44. The Morgan fingerprint density at radius 1 is 1.20 bits per heavy atom. The van der Waals surface area contributed by atoms with Gasteiger partial charge in [-0.15, -0.1) is 11.3 Å². The van der Waals surface area contributed by atoms with Gasteiger partial charge in [0.25, 0.3) is 0 Å². The van der Waals surface area contributed by atoms with Gasteiger partial charge in [-0.1, -0.05) is 26.3 Å². The van der Waals surface area contributed by atoms with Gasteiger partial charge >= 0.3 is 5.97 Å². The van der Waals surface area contributed by atoms with Crippen LogP contribution >= 0.6 is 11.3 Å². The molecule has 0 spiro atoms. The predicted octanol–water partition coefficient (Wildman–Crippen LogP) is 5.42. The van der Waals surface area contributed by atoms with Gasteiger partial charge in [0, 0.05) is 11.3 Å². The van der Waals surface area contributed by atoms with Gasteiger partial charge in [0.15, 0.2) is 5.78 Å². The highest BCUT2D eigenvalue weighted by Gasteiger charge is 2.60. The molecule has 4 aliphatic rings. The molecule has 0 radical (unpaired) electrons. The summed E-state index contributed by atoms with van der Waals surface area (Å²) in [6.07, 6.45) is 10.8. The maximum Gasteiger partial charge on any atom is 0.336 e. The number of carboxylic acid groups (broad SMARTS) is 1. The van der Waals surface area contributed by atoms with Crippen LogP contribution in [-0.4, -0.2) is 25.3 Å². The molecule has 35 heavy (non-hydrogen) atoms. The first-order valence-corrected chi connectivity index (χ1v) is 15.3. The summed E-state index contributed by atoms with van der Waals surface area (Å²) in [6.45, 7) is 7.26. The number of fused-ring (bicyclic) bond motifs is 5. The Balaban J connectivity index is 1.37. The number of ketones is 1. The number of carboxylic acids is 1. The quantitative estimate of drug-likeness (QED) is 0.539. The van der Waals surface area contributed by atoms with Crippen LogP contribution < -0.4 is 5.14 Å². The molecule has 0 saturated heterocycles. The molecule has 4 aliphatic carbocycles. The van der Waals surface area contributed by atoms with Crippen molar-refractivity contribution in [3.8, 4) is 0 Å². The van der Waals surface area contributed by atoms with Crippen LogP contribution in [0.3, 0.4) is 0 Å². The molecule has 0 aliphatic heterocycles. The van der Waals surface area contributed by atoms with Crippen LogP contribution in [0.4, 0.5) is 0 Å². The van der Waals surface area contributed by atoms with Gasteiger partial charge in [0.1, 0.15) is 4.21 Å². The van der Waals surface area contributed by atoms with Crippen molar-refractivity contribution in [2.75, 3.05) is 0 Å². The number of rotatable bonds is 5. The topological polar surface area (TPSA) is 115 Å². The Kier molecular flexibility index (Phi) is 6.12. The lowest BCUT2D eigenvalue weighted by molar-refractivity contribution is -0.118. The molecule has 3 saturated carbocycles. The van der Waals surface area contributed by atoms with Crippen LogP contribution in [0.25, 0.3) is 0 Å². The Bertz CT molecular complexity index is 1200. The minimum absolute atomic E-state index is 0.0694. The fraction of sp³-hybridized carbons (Fsp3) is 0.704. The number of hydrogen-bond acceptors (Lipinski definition) is 5. The molecular weight excluding hydrogens is 482 g/mol. The van der Waals surface area contributed by atoms with Crippen molar-refractivity contribution in [2.24, 2.45) is 45.6 Å². The normalized spacial score (nSPS) is 38.9. The molecule has 1 aromatic rings. The minimum Gasteiger partial charge on any atom is -0.478 e. The second-order valence-corrected chi connectivity index (χ2v) is 15.1. The molecular formula is C27H37NO5S2. The monoisotopic (exact) mass is 519 g/mol. The van der Waals surface area contributed by atoms with E-state index in [1.165, 1.54) is 30.9 Å². The van der Waals surface area contributed by atoms with Gasteiger partial charge in [0.05, 0.1) is 5.56 Å². The second-order valence-electron chi connectivity index (χ2n) is 12.1. The highest BCUT2D eigenvalue weighted by atomic mass is 32.2. The number of aryl methyl sites for hydroxylation is 1. The summed E-state index contributed by atoms with van der Waals surface area (Å²) in [4.78, 5) is 24.5. The molecule has 8 heteroatoms. The Labute approximate surface area is 212 Å².